The van der Waals surface area contributed by atoms with Gasteiger partial charge in [0.2, 0.25) is 11.8 Å². The Morgan fingerprint density at radius 3 is 1.38 bits per heavy atom. The molecule has 13 heteroatoms. The van der Waals surface area contributed by atoms with Crippen molar-refractivity contribution in [1.29, 1.82) is 0 Å². The lowest BCUT2D eigenvalue weighted by molar-refractivity contribution is -0.146. The highest BCUT2D eigenvalue weighted by atomic mass is 33.1. The molecular weight excluding hydrogens is 1000 g/mol. The first-order valence-electron chi connectivity index (χ1n) is 32.7. The summed E-state index contributed by atoms with van der Waals surface area (Å²) in [4.78, 5) is 54.0. The first-order valence-corrected chi connectivity index (χ1v) is 35.1. The first kappa shape index (κ1) is 75.5. The number of amides is 2. The predicted molar refractivity (Wildman–Crippen MR) is 331 cm³/mol. The van der Waals surface area contributed by atoms with Gasteiger partial charge in [0.1, 0.15) is 0 Å². The third-order valence-corrected chi connectivity index (χ3v) is 18.1. The van der Waals surface area contributed by atoms with Crippen LogP contribution in [-0.2, 0) is 38.1 Å². The molecule has 3 unspecified atom stereocenters. The summed E-state index contributed by atoms with van der Waals surface area (Å²) in [6.45, 7) is 18.2. The van der Waals surface area contributed by atoms with Crippen LogP contribution in [0.4, 0.5) is 0 Å². The molecule has 3 N–H and O–H groups in total. The van der Waals surface area contributed by atoms with Gasteiger partial charge in [0.05, 0.1) is 39.6 Å². The monoisotopic (exact) mass is 1130 g/mol. The third kappa shape index (κ3) is 50.0. The Hall–Kier alpha value is -1.54. The van der Waals surface area contributed by atoms with Crippen molar-refractivity contribution < 1.29 is 38.1 Å². The fourth-order valence-corrected chi connectivity index (χ4v) is 12.8. The van der Waals surface area contributed by atoms with Crippen molar-refractivity contribution in [3.05, 3.63) is 0 Å². The Bertz CT molecular complexity index is 1260. The van der Waals surface area contributed by atoms with Gasteiger partial charge in [-0.05, 0) is 76.0 Å². The molecule has 0 aromatic carbocycles. The van der Waals surface area contributed by atoms with Gasteiger partial charge < -0.3 is 34.9 Å². The number of rotatable bonds is 61. The normalized spacial score (nSPS) is 13.1. The van der Waals surface area contributed by atoms with Crippen LogP contribution in [0, 0.1) is 11.8 Å². The molecule has 11 nitrogen and oxygen atoms in total. The molecule has 0 saturated carbocycles. The quantitative estimate of drug-likeness (QED) is 0.0341. The van der Waals surface area contributed by atoms with Crippen molar-refractivity contribution in [2.45, 2.75) is 310 Å². The van der Waals surface area contributed by atoms with Crippen LogP contribution >= 0.6 is 21.6 Å². The van der Waals surface area contributed by atoms with Crippen molar-refractivity contribution in [1.82, 2.24) is 10.2 Å². The summed E-state index contributed by atoms with van der Waals surface area (Å²) in [5.41, 5.74) is 5.45. The zero-order chi connectivity index (χ0) is 56.5. The molecule has 0 rings (SSSR count). The molecule has 0 radical (unpaired) electrons. The second-order valence-corrected chi connectivity index (χ2v) is 25.1. The minimum atomic E-state index is -0.0265. The maximum absolute atomic E-state index is 13.9. The number of nitrogens with zero attached hydrogens (tertiary/aromatic N) is 1. The molecule has 0 aliphatic rings. The number of ether oxygens (including phenoxy) is 4. The van der Waals surface area contributed by atoms with Gasteiger partial charge in [-0.2, -0.15) is 0 Å². The van der Waals surface area contributed by atoms with E-state index in [2.05, 4.69) is 44.8 Å². The number of unbranched alkanes of at least 4 members (excludes halogenated alkanes) is 21. The van der Waals surface area contributed by atoms with Crippen molar-refractivity contribution in [3.8, 4) is 0 Å². The molecule has 0 saturated heterocycles. The zero-order valence-electron chi connectivity index (χ0n) is 51.3. The molecule has 0 aliphatic heterocycles. The van der Waals surface area contributed by atoms with Crippen LogP contribution in [0.25, 0.3) is 0 Å². The number of carbonyl (C=O) groups excluding carboxylic acids is 4. The van der Waals surface area contributed by atoms with Crippen molar-refractivity contribution >= 4 is 45.3 Å². The number of esters is 2. The van der Waals surface area contributed by atoms with Crippen LogP contribution in [-0.4, -0.2) is 105 Å². The summed E-state index contributed by atoms with van der Waals surface area (Å²) in [6.07, 6.45) is 43.5. The SMILES string of the molecule is CCCCCCC(CCCC)COC(=O)CCCCCCCCC(CCCCCCCCC(=O)OCC(CCCC)CCCCCC)N(CCC(CCCCCC)SSCCNC(=O)CCOCCOCCN)C(=O)CC. The summed E-state index contributed by atoms with van der Waals surface area (Å²) >= 11 is 0. The van der Waals surface area contributed by atoms with Crippen LogP contribution in [0.2, 0.25) is 0 Å². The van der Waals surface area contributed by atoms with E-state index in [0.717, 1.165) is 128 Å². The highest BCUT2D eigenvalue weighted by molar-refractivity contribution is 8.76. The summed E-state index contributed by atoms with van der Waals surface area (Å²) in [5, 5.41) is 3.50. The van der Waals surface area contributed by atoms with E-state index in [1.807, 2.05) is 28.5 Å². The fraction of sp³-hybridized carbons (Fsp3) is 0.938. The Morgan fingerprint density at radius 1 is 0.468 bits per heavy atom. The van der Waals surface area contributed by atoms with E-state index in [-0.39, 0.29) is 29.8 Å². The minimum absolute atomic E-state index is 0.00708. The van der Waals surface area contributed by atoms with Crippen LogP contribution in [0.15, 0.2) is 0 Å². The number of hydrogen-bond donors (Lipinski definition) is 2. The van der Waals surface area contributed by atoms with E-state index in [1.54, 1.807) is 0 Å². The summed E-state index contributed by atoms with van der Waals surface area (Å²) in [7, 11) is 3.78. The molecule has 0 spiro atoms. The van der Waals surface area contributed by atoms with Gasteiger partial charge in [0.25, 0.3) is 0 Å². The fourth-order valence-electron chi connectivity index (χ4n) is 10.1. The van der Waals surface area contributed by atoms with Gasteiger partial charge in [-0.3, -0.25) is 19.2 Å². The van der Waals surface area contributed by atoms with Crippen LogP contribution in [0.3, 0.4) is 0 Å². The Labute approximate surface area is 483 Å². The maximum Gasteiger partial charge on any atom is 0.305 e. The topological polar surface area (TPSA) is 146 Å². The van der Waals surface area contributed by atoms with Crippen molar-refractivity contribution in [2.24, 2.45) is 17.6 Å². The predicted octanol–water partition coefficient (Wildman–Crippen LogP) is 17.1. The van der Waals surface area contributed by atoms with Crippen LogP contribution in [0.5, 0.6) is 0 Å². The molecule has 0 bridgehead atoms. The Kier molecular flexibility index (Phi) is 57.9. The van der Waals surface area contributed by atoms with Crippen LogP contribution < -0.4 is 11.1 Å². The van der Waals surface area contributed by atoms with Gasteiger partial charge in [0.15, 0.2) is 0 Å². The molecule has 0 fully saturated rings. The summed E-state index contributed by atoms with van der Waals surface area (Å²) < 4.78 is 22.5. The Balaban J connectivity index is 5.36. The van der Waals surface area contributed by atoms with E-state index < -0.39 is 0 Å². The first-order chi connectivity index (χ1) is 37.7. The van der Waals surface area contributed by atoms with Gasteiger partial charge in [-0.15, -0.1) is 0 Å². The van der Waals surface area contributed by atoms with Crippen molar-refractivity contribution in [3.63, 3.8) is 0 Å². The minimum Gasteiger partial charge on any atom is -0.465 e. The van der Waals surface area contributed by atoms with Gasteiger partial charge in [0, 0.05) is 62.4 Å². The number of carbonyl (C=O) groups is 4. The molecule has 0 heterocycles. The summed E-state index contributed by atoms with van der Waals surface area (Å²) in [6, 6.07) is 0.239. The van der Waals surface area contributed by atoms with Gasteiger partial charge >= 0.3 is 11.9 Å². The molecular formula is C64H125N3O8S2. The molecule has 0 aromatic rings. The highest BCUT2D eigenvalue weighted by Gasteiger charge is 2.24. The van der Waals surface area contributed by atoms with Gasteiger partial charge in [-0.25, -0.2) is 0 Å². The molecule has 3 atom stereocenters. The van der Waals surface area contributed by atoms with E-state index in [0.29, 0.717) is 95.5 Å². The second-order valence-electron chi connectivity index (χ2n) is 22.3. The molecule has 0 aliphatic carbocycles. The smallest absolute Gasteiger partial charge is 0.305 e. The molecule has 0 aromatic heterocycles. The maximum atomic E-state index is 13.9. The highest BCUT2D eigenvalue weighted by Crippen LogP contribution is 2.33. The van der Waals surface area contributed by atoms with E-state index >= 15 is 0 Å². The molecule has 2 amide bonds. The standard InChI is InChI=1S/C64H125N3O8S2/c1-7-13-18-29-38-57(36-16-10-4)55-74-63(70)43-34-27-23-21-25-31-40-59(41-32-26-22-24-28-35-44-64(71)75-56-58(37-17-11-5)39-30-19-14-8-2)67(62(69)12-6)49-45-60(42-33-20-15-9-3)77-76-54-48-66-61(68)46-50-72-52-53-73-51-47-65/h57-60H,7-56,65H2,1-6H3,(H,66,68). The molecule has 456 valence electrons. The molecule has 77 heavy (non-hydrogen) atoms. The third-order valence-electron chi connectivity index (χ3n) is 15.1. The van der Waals surface area contributed by atoms with E-state index in [1.165, 1.54) is 116 Å². The van der Waals surface area contributed by atoms with E-state index in [9.17, 15) is 19.2 Å². The lowest BCUT2D eigenvalue weighted by Crippen LogP contribution is -2.41. The lowest BCUT2D eigenvalue weighted by Gasteiger charge is -2.33. The number of hydrogen-bond acceptors (Lipinski definition) is 11. The summed E-state index contributed by atoms with van der Waals surface area (Å²) in [5.74, 6) is 2.06. The average Bonchev–Trinajstić information content (AvgIpc) is 3.43. The van der Waals surface area contributed by atoms with E-state index in [4.69, 9.17) is 24.7 Å². The number of nitrogens with one attached hydrogen (secondary N) is 1. The lowest BCUT2D eigenvalue weighted by atomic mass is 9.96. The van der Waals surface area contributed by atoms with Gasteiger partial charge in [-0.1, -0.05) is 230 Å². The zero-order valence-corrected chi connectivity index (χ0v) is 52.9. The van der Waals surface area contributed by atoms with Crippen molar-refractivity contribution in [2.75, 3.05) is 65.0 Å². The second kappa shape index (κ2) is 59.1. The Morgan fingerprint density at radius 2 is 0.896 bits per heavy atom. The van der Waals surface area contributed by atoms with Crippen LogP contribution in [0.1, 0.15) is 298 Å². The average molecular weight is 1130 g/mol. The number of nitrogens with two attached hydrogens (primary N) is 1. The largest absolute Gasteiger partial charge is 0.465 e.